The van der Waals surface area contributed by atoms with Crippen LogP contribution in [0.1, 0.15) is 20.8 Å². The van der Waals surface area contributed by atoms with Crippen molar-refractivity contribution in [1.82, 2.24) is 20.2 Å². The van der Waals surface area contributed by atoms with Crippen molar-refractivity contribution < 1.29 is 4.79 Å². The maximum Gasteiger partial charge on any atom is 0.239 e. The number of carbonyl (C=O) groups excluding carboxylic acids is 1. The summed E-state index contributed by atoms with van der Waals surface area (Å²) in [4.78, 5) is 15.7. The molecule has 0 unspecified atom stereocenters. The second kappa shape index (κ2) is 5.65. The Balaban J connectivity index is 2.30. The fraction of sp³-hybridized carbons (Fsp3) is 0.636. The Kier molecular flexibility index (Phi) is 4.49. The van der Waals surface area contributed by atoms with Crippen molar-refractivity contribution >= 4 is 5.91 Å². The van der Waals surface area contributed by atoms with Gasteiger partial charge in [-0.1, -0.05) is 6.92 Å². The minimum Gasteiger partial charge on any atom is -0.353 e. The number of hydrogen-bond acceptors (Lipinski definition) is 3. The first-order valence-corrected chi connectivity index (χ1v) is 5.55. The van der Waals surface area contributed by atoms with Crippen molar-refractivity contribution in [2.24, 2.45) is 0 Å². The first-order chi connectivity index (χ1) is 7.56. The van der Waals surface area contributed by atoms with Crippen molar-refractivity contribution in [1.29, 1.82) is 0 Å². The molecule has 16 heavy (non-hydrogen) atoms. The molecule has 1 aromatic rings. The van der Waals surface area contributed by atoms with Crippen LogP contribution >= 0.6 is 0 Å². The first kappa shape index (κ1) is 12.7. The van der Waals surface area contributed by atoms with Gasteiger partial charge in [0.05, 0.1) is 11.9 Å². The third-order valence-corrected chi connectivity index (χ3v) is 2.40. The Bertz CT molecular complexity index is 319. The Labute approximate surface area is 96.3 Å². The maximum absolute atomic E-state index is 11.8. The number of imidazole rings is 1. The second-order valence-electron chi connectivity index (χ2n) is 4.21. The molecule has 1 rings (SSSR count). The third kappa shape index (κ3) is 3.66. The molecule has 0 aliphatic carbocycles. The van der Waals surface area contributed by atoms with Gasteiger partial charge in [-0.2, -0.15) is 0 Å². The minimum absolute atomic E-state index is 0.0227. The lowest BCUT2D eigenvalue weighted by molar-refractivity contribution is -0.126. The summed E-state index contributed by atoms with van der Waals surface area (Å²) in [5.41, 5.74) is -0.510. The van der Waals surface area contributed by atoms with E-state index in [1.807, 2.05) is 31.5 Å². The molecule has 5 heteroatoms. The highest BCUT2D eigenvalue weighted by atomic mass is 16.2. The molecule has 0 bridgehead atoms. The molecule has 2 N–H and O–H groups in total. The van der Waals surface area contributed by atoms with Crippen LogP contribution in [0.2, 0.25) is 0 Å². The zero-order valence-corrected chi connectivity index (χ0v) is 10.2. The lowest BCUT2D eigenvalue weighted by Crippen LogP contribution is -2.52. The number of nitrogens with zero attached hydrogens (tertiary/aromatic N) is 2. The van der Waals surface area contributed by atoms with Crippen molar-refractivity contribution in [2.45, 2.75) is 32.9 Å². The fourth-order valence-corrected chi connectivity index (χ4v) is 1.46. The Morgan fingerprint density at radius 2 is 2.25 bits per heavy atom. The van der Waals surface area contributed by atoms with E-state index in [1.165, 1.54) is 0 Å². The van der Waals surface area contributed by atoms with Gasteiger partial charge in [-0.3, -0.25) is 4.79 Å². The van der Waals surface area contributed by atoms with E-state index in [1.54, 1.807) is 12.5 Å². The van der Waals surface area contributed by atoms with Crippen molar-refractivity contribution in [2.75, 3.05) is 13.1 Å². The van der Waals surface area contributed by atoms with Crippen molar-refractivity contribution in [3.05, 3.63) is 18.7 Å². The predicted octanol–water partition coefficient (Wildman–Crippen LogP) is 0.387. The third-order valence-electron chi connectivity index (χ3n) is 2.40. The van der Waals surface area contributed by atoms with E-state index in [-0.39, 0.29) is 5.91 Å². The van der Waals surface area contributed by atoms with E-state index in [0.717, 1.165) is 13.1 Å². The van der Waals surface area contributed by atoms with Gasteiger partial charge in [0.1, 0.15) is 0 Å². The van der Waals surface area contributed by atoms with Gasteiger partial charge in [-0.25, -0.2) is 4.98 Å². The Hall–Kier alpha value is -1.36. The van der Waals surface area contributed by atoms with Crippen LogP contribution in [0.5, 0.6) is 0 Å². The molecule has 5 nitrogen and oxygen atoms in total. The average Bonchev–Trinajstić information content (AvgIpc) is 2.70. The molecular weight excluding hydrogens is 204 g/mol. The molecule has 0 aliphatic heterocycles. The van der Waals surface area contributed by atoms with Crippen LogP contribution in [0, 0.1) is 0 Å². The molecule has 0 saturated carbocycles. The Morgan fingerprint density at radius 1 is 1.50 bits per heavy atom. The topological polar surface area (TPSA) is 59.0 Å². The van der Waals surface area contributed by atoms with Gasteiger partial charge in [0.15, 0.2) is 0 Å². The van der Waals surface area contributed by atoms with Crippen LogP contribution in [-0.4, -0.2) is 34.1 Å². The molecule has 90 valence electrons. The highest BCUT2D eigenvalue weighted by Crippen LogP contribution is 2.00. The highest BCUT2D eigenvalue weighted by molar-refractivity contribution is 5.85. The van der Waals surface area contributed by atoms with Crippen LogP contribution in [0.15, 0.2) is 18.7 Å². The van der Waals surface area contributed by atoms with E-state index < -0.39 is 5.54 Å². The van der Waals surface area contributed by atoms with Crippen LogP contribution in [0.25, 0.3) is 0 Å². The molecule has 0 aliphatic rings. The zero-order valence-electron chi connectivity index (χ0n) is 10.2. The second-order valence-corrected chi connectivity index (χ2v) is 4.21. The molecular formula is C11H20N4O. The van der Waals surface area contributed by atoms with Gasteiger partial charge in [-0.05, 0) is 20.4 Å². The van der Waals surface area contributed by atoms with E-state index in [2.05, 4.69) is 15.6 Å². The molecule has 1 aromatic heterocycles. The molecule has 0 saturated heterocycles. The molecule has 0 spiro atoms. The number of carbonyl (C=O) groups is 1. The van der Waals surface area contributed by atoms with E-state index in [9.17, 15) is 4.79 Å². The van der Waals surface area contributed by atoms with Crippen LogP contribution < -0.4 is 10.6 Å². The van der Waals surface area contributed by atoms with Gasteiger partial charge in [-0.15, -0.1) is 0 Å². The fourth-order valence-electron chi connectivity index (χ4n) is 1.46. The molecule has 0 aromatic carbocycles. The molecule has 0 atom stereocenters. The van der Waals surface area contributed by atoms with E-state index >= 15 is 0 Å². The van der Waals surface area contributed by atoms with E-state index in [4.69, 9.17) is 0 Å². The van der Waals surface area contributed by atoms with Gasteiger partial charge >= 0.3 is 0 Å². The van der Waals surface area contributed by atoms with Crippen molar-refractivity contribution in [3.63, 3.8) is 0 Å². The van der Waals surface area contributed by atoms with Gasteiger partial charge < -0.3 is 15.2 Å². The predicted molar refractivity (Wildman–Crippen MR) is 63.0 cm³/mol. The summed E-state index contributed by atoms with van der Waals surface area (Å²) in [6, 6.07) is 0. The smallest absolute Gasteiger partial charge is 0.239 e. The first-order valence-electron chi connectivity index (χ1n) is 5.55. The zero-order chi connectivity index (χ0) is 12.0. The van der Waals surface area contributed by atoms with Crippen LogP contribution in [-0.2, 0) is 11.3 Å². The SMILES string of the molecule is CCNC(C)(C)C(=O)NCCn1ccnc1. The summed E-state index contributed by atoms with van der Waals surface area (Å²) < 4.78 is 1.93. The lowest BCUT2D eigenvalue weighted by atomic mass is 10.0. The lowest BCUT2D eigenvalue weighted by Gasteiger charge is -2.24. The van der Waals surface area contributed by atoms with Crippen LogP contribution in [0.3, 0.4) is 0 Å². The highest BCUT2D eigenvalue weighted by Gasteiger charge is 2.25. The van der Waals surface area contributed by atoms with Gasteiger partial charge in [0.2, 0.25) is 5.91 Å². The number of hydrogen-bond donors (Lipinski definition) is 2. The van der Waals surface area contributed by atoms with Gasteiger partial charge in [0, 0.05) is 25.5 Å². The average molecular weight is 224 g/mol. The standard InChI is InChI=1S/C11H20N4O/c1-4-14-11(2,3)10(16)13-6-8-15-7-5-12-9-15/h5,7,9,14H,4,6,8H2,1-3H3,(H,13,16). The number of aromatic nitrogens is 2. The summed E-state index contributed by atoms with van der Waals surface area (Å²) in [5, 5.41) is 6.03. The normalized spacial score (nSPS) is 11.4. The molecule has 0 radical (unpaired) electrons. The quantitative estimate of drug-likeness (QED) is 0.735. The van der Waals surface area contributed by atoms with Crippen LogP contribution in [0.4, 0.5) is 0 Å². The number of likely N-dealkylation sites (N-methyl/N-ethyl adjacent to an activating group) is 1. The minimum atomic E-state index is -0.510. The summed E-state index contributed by atoms with van der Waals surface area (Å²) >= 11 is 0. The molecule has 1 amide bonds. The van der Waals surface area contributed by atoms with Crippen molar-refractivity contribution in [3.8, 4) is 0 Å². The summed E-state index contributed by atoms with van der Waals surface area (Å²) in [5.74, 6) is 0.0227. The summed E-state index contributed by atoms with van der Waals surface area (Å²) in [7, 11) is 0. The Morgan fingerprint density at radius 3 is 2.81 bits per heavy atom. The largest absolute Gasteiger partial charge is 0.353 e. The molecule has 0 fully saturated rings. The number of rotatable bonds is 6. The van der Waals surface area contributed by atoms with Gasteiger partial charge in [0.25, 0.3) is 0 Å². The summed E-state index contributed by atoms with van der Waals surface area (Å²) in [6.45, 7) is 7.88. The molecule has 1 heterocycles. The van der Waals surface area contributed by atoms with E-state index in [0.29, 0.717) is 6.54 Å². The summed E-state index contributed by atoms with van der Waals surface area (Å²) in [6.07, 6.45) is 5.34. The monoisotopic (exact) mass is 224 g/mol. The number of amides is 1. The number of nitrogens with one attached hydrogen (secondary N) is 2. The maximum atomic E-state index is 11.8.